The summed E-state index contributed by atoms with van der Waals surface area (Å²) >= 11 is 5.08. The van der Waals surface area contributed by atoms with E-state index in [2.05, 4.69) is 17.6 Å². The van der Waals surface area contributed by atoms with Gasteiger partial charge in [0.05, 0.1) is 6.10 Å². The van der Waals surface area contributed by atoms with Crippen LogP contribution >= 0.6 is 12.2 Å². The minimum Gasteiger partial charge on any atom is -0.376 e. The molecule has 13 heavy (non-hydrogen) atoms. The predicted octanol–water partition coefficient (Wildman–Crippen LogP) is 1.04. The first-order valence-electron chi connectivity index (χ1n) is 4.96. The molecule has 2 N–H and O–H groups in total. The molecule has 1 aliphatic rings. The lowest BCUT2D eigenvalue weighted by atomic mass is 10.2. The van der Waals surface area contributed by atoms with E-state index in [1.807, 2.05) is 0 Å². The van der Waals surface area contributed by atoms with Crippen LogP contribution in [0.5, 0.6) is 0 Å². The van der Waals surface area contributed by atoms with Gasteiger partial charge in [-0.3, -0.25) is 0 Å². The molecule has 0 spiro atoms. The van der Waals surface area contributed by atoms with Gasteiger partial charge in [0, 0.05) is 19.7 Å². The number of nitrogens with one attached hydrogen (secondary N) is 2. The van der Waals surface area contributed by atoms with Crippen molar-refractivity contribution in [2.75, 3.05) is 19.7 Å². The van der Waals surface area contributed by atoms with Crippen molar-refractivity contribution >= 4 is 17.3 Å². The zero-order valence-electron chi connectivity index (χ0n) is 8.14. The molecular formula is C9H18N2OS. The van der Waals surface area contributed by atoms with Gasteiger partial charge in [-0.05, 0) is 31.5 Å². The smallest absolute Gasteiger partial charge is 0.166 e. The average molecular weight is 202 g/mol. The van der Waals surface area contributed by atoms with Crippen LogP contribution in [0, 0.1) is 0 Å². The van der Waals surface area contributed by atoms with Gasteiger partial charge in [0.15, 0.2) is 5.11 Å². The minimum atomic E-state index is 0.362. The second kappa shape index (κ2) is 6.16. The number of hydrogen-bond donors (Lipinski definition) is 2. The summed E-state index contributed by atoms with van der Waals surface area (Å²) < 4.78 is 5.46. The highest BCUT2D eigenvalue weighted by Gasteiger charge is 2.14. The van der Waals surface area contributed by atoms with Gasteiger partial charge in [0.1, 0.15) is 0 Å². The number of hydrogen-bond acceptors (Lipinski definition) is 2. The molecule has 0 amide bonds. The summed E-state index contributed by atoms with van der Waals surface area (Å²) in [4.78, 5) is 0. The first-order valence-corrected chi connectivity index (χ1v) is 5.37. The van der Waals surface area contributed by atoms with E-state index in [4.69, 9.17) is 17.0 Å². The van der Waals surface area contributed by atoms with Gasteiger partial charge in [-0.2, -0.15) is 0 Å². The van der Waals surface area contributed by atoms with Crippen molar-refractivity contribution in [1.29, 1.82) is 0 Å². The van der Waals surface area contributed by atoms with E-state index in [9.17, 15) is 0 Å². The normalized spacial score (nSPS) is 21.5. The van der Waals surface area contributed by atoms with Gasteiger partial charge in [-0.25, -0.2) is 0 Å². The van der Waals surface area contributed by atoms with E-state index in [-0.39, 0.29) is 0 Å². The highest BCUT2D eigenvalue weighted by Crippen LogP contribution is 2.10. The van der Waals surface area contributed by atoms with Gasteiger partial charge in [-0.1, -0.05) is 6.92 Å². The Morgan fingerprint density at radius 3 is 3.00 bits per heavy atom. The largest absolute Gasteiger partial charge is 0.376 e. The summed E-state index contributed by atoms with van der Waals surface area (Å²) in [5.41, 5.74) is 0. The van der Waals surface area contributed by atoms with Gasteiger partial charge >= 0.3 is 0 Å². The highest BCUT2D eigenvalue weighted by molar-refractivity contribution is 7.80. The molecule has 0 radical (unpaired) electrons. The van der Waals surface area contributed by atoms with Crippen molar-refractivity contribution in [3.8, 4) is 0 Å². The molecule has 0 saturated carbocycles. The third kappa shape index (κ3) is 4.43. The van der Waals surface area contributed by atoms with Crippen molar-refractivity contribution in [2.24, 2.45) is 0 Å². The Kier molecular flexibility index (Phi) is 5.08. The van der Waals surface area contributed by atoms with Crippen LogP contribution in [0.4, 0.5) is 0 Å². The molecule has 1 atom stereocenters. The van der Waals surface area contributed by atoms with Crippen molar-refractivity contribution in [1.82, 2.24) is 10.6 Å². The molecule has 0 aromatic carbocycles. The van der Waals surface area contributed by atoms with Gasteiger partial charge in [0.2, 0.25) is 0 Å². The van der Waals surface area contributed by atoms with Crippen LogP contribution in [0.25, 0.3) is 0 Å². The second-order valence-electron chi connectivity index (χ2n) is 3.27. The van der Waals surface area contributed by atoms with Crippen LogP contribution < -0.4 is 10.6 Å². The maximum Gasteiger partial charge on any atom is 0.166 e. The topological polar surface area (TPSA) is 33.3 Å². The summed E-state index contributed by atoms with van der Waals surface area (Å²) in [6.07, 6.45) is 3.80. The predicted molar refractivity (Wildman–Crippen MR) is 57.9 cm³/mol. The molecule has 0 aromatic heterocycles. The fraction of sp³-hybridized carbons (Fsp3) is 0.889. The summed E-state index contributed by atoms with van der Waals surface area (Å²) in [6, 6.07) is 0. The van der Waals surface area contributed by atoms with E-state index >= 15 is 0 Å². The molecule has 0 aliphatic carbocycles. The molecule has 3 nitrogen and oxygen atoms in total. The molecule has 4 heteroatoms. The molecule has 1 fully saturated rings. The zero-order valence-corrected chi connectivity index (χ0v) is 8.95. The maximum atomic E-state index is 5.46. The fourth-order valence-corrected chi connectivity index (χ4v) is 1.50. The Morgan fingerprint density at radius 2 is 2.38 bits per heavy atom. The summed E-state index contributed by atoms with van der Waals surface area (Å²) in [6.45, 7) is 4.81. The highest BCUT2D eigenvalue weighted by atomic mass is 32.1. The molecule has 1 saturated heterocycles. The van der Waals surface area contributed by atoms with E-state index in [0.717, 1.165) is 37.7 Å². The lowest BCUT2D eigenvalue weighted by molar-refractivity contribution is 0.114. The maximum absolute atomic E-state index is 5.46. The lowest BCUT2D eigenvalue weighted by Gasteiger charge is -2.13. The molecular weight excluding hydrogens is 184 g/mol. The third-order valence-electron chi connectivity index (χ3n) is 2.05. The molecule has 1 rings (SSSR count). The Bertz CT molecular complexity index is 158. The molecule has 1 unspecified atom stereocenters. The standard InChI is InChI=1S/C9H18N2OS/c1-2-5-10-9(13)11-7-8-4-3-6-12-8/h8H,2-7H2,1H3,(H2,10,11,13). The van der Waals surface area contributed by atoms with Gasteiger partial charge in [-0.15, -0.1) is 0 Å². The van der Waals surface area contributed by atoms with Crippen molar-refractivity contribution in [3.05, 3.63) is 0 Å². The van der Waals surface area contributed by atoms with Crippen LogP contribution in [-0.2, 0) is 4.74 Å². The van der Waals surface area contributed by atoms with E-state index in [1.54, 1.807) is 0 Å². The molecule has 0 bridgehead atoms. The summed E-state index contributed by atoms with van der Waals surface area (Å²) in [5, 5.41) is 7.02. The van der Waals surface area contributed by atoms with Crippen LogP contribution in [0.1, 0.15) is 26.2 Å². The minimum absolute atomic E-state index is 0.362. The van der Waals surface area contributed by atoms with Gasteiger partial charge in [0.25, 0.3) is 0 Å². The average Bonchev–Trinajstić information content (AvgIpc) is 2.64. The Morgan fingerprint density at radius 1 is 1.54 bits per heavy atom. The number of thiocarbonyl (C=S) groups is 1. The van der Waals surface area contributed by atoms with Gasteiger partial charge < -0.3 is 15.4 Å². The fourth-order valence-electron chi connectivity index (χ4n) is 1.31. The lowest BCUT2D eigenvalue weighted by Crippen LogP contribution is -2.39. The Balaban J connectivity index is 2.00. The van der Waals surface area contributed by atoms with Crippen molar-refractivity contribution in [3.63, 3.8) is 0 Å². The molecule has 1 aliphatic heterocycles. The quantitative estimate of drug-likeness (QED) is 0.667. The monoisotopic (exact) mass is 202 g/mol. The molecule has 0 aromatic rings. The van der Waals surface area contributed by atoms with E-state index in [1.165, 1.54) is 6.42 Å². The third-order valence-corrected chi connectivity index (χ3v) is 2.34. The zero-order chi connectivity index (χ0) is 9.52. The van der Waals surface area contributed by atoms with E-state index < -0.39 is 0 Å². The van der Waals surface area contributed by atoms with Crippen LogP contribution in [0.2, 0.25) is 0 Å². The number of rotatable bonds is 4. The van der Waals surface area contributed by atoms with Crippen molar-refractivity contribution < 1.29 is 4.74 Å². The Hall–Kier alpha value is -0.350. The van der Waals surface area contributed by atoms with Crippen LogP contribution in [-0.4, -0.2) is 30.9 Å². The molecule has 1 heterocycles. The van der Waals surface area contributed by atoms with Crippen LogP contribution in [0.3, 0.4) is 0 Å². The Labute approximate surface area is 85.2 Å². The van der Waals surface area contributed by atoms with Crippen molar-refractivity contribution in [2.45, 2.75) is 32.3 Å². The second-order valence-corrected chi connectivity index (χ2v) is 3.68. The first-order chi connectivity index (χ1) is 6.33. The summed E-state index contributed by atoms with van der Waals surface area (Å²) in [7, 11) is 0. The first kappa shape index (κ1) is 10.7. The van der Waals surface area contributed by atoms with E-state index in [0.29, 0.717) is 6.10 Å². The SMILES string of the molecule is CCCNC(=S)NCC1CCCO1. The number of ether oxygens (including phenoxy) is 1. The molecule has 76 valence electrons. The van der Waals surface area contributed by atoms with Crippen LogP contribution in [0.15, 0.2) is 0 Å². The summed E-state index contributed by atoms with van der Waals surface area (Å²) in [5.74, 6) is 0.